The SMILES string of the molecule is CN(c1nccc2sccc12)C1(CC(=O)O)CCCCC1. The summed E-state index contributed by atoms with van der Waals surface area (Å²) in [5, 5.41) is 12.5. The molecule has 0 unspecified atom stereocenters. The molecule has 0 radical (unpaired) electrons. The quantitative estimate of drug-likeness (QED) is 0.930. The van der Waals surface area contributed by atoms with Gasteiger partial charge >= 0.3 is 5.97 Å². The minimum absolute atomic E-state index is 0.186. The molecule has 0 spiro atoms. The number of rotatable bonds is 4. The second-order valence-electron chi connectivity index (χ2n) is 5.88. The maximum atomic E-state index is 11.4. The van der Waals surface area contributed by atoms with Gasteiger partial charge in [0, 0.05) is 23.3 Å². The molecule has 0 amide bonds. The van der Waals surface area contributed by atoms with E-state index < -0.39 is 5.97 Å². The summed E-state index contributed by atoms with van der Waals surface area (Å²) in [4.78, 5) is 18.1. The first-order valence-electron chi connectivity index (χ1n) is 7.40. The van der Waals surface area contributed by atoms with E-state index in [4.69, 9.17) is 0 Å². The summed E-state index contributed by atoms with van der Waals surface area (Å²) >= 11 is 1.70. The van der Waals surface area contributed by atoms with Crippen molar-refractivity contribution in [2.45, 2.75) is 44.1 Å². The average molecular weight is 304 g/mol. The molecule has 2 aromatic rings. The van der Waals surface area contributed by atoms with Gasteiger partial charge in [-0.1, -0.05) is 19.3 Å². The predicted molar refractivity (Wildman–Crippen MR) is 86.1 cm³/mol. The standard InChI is InChI=1S/C16H20N2O2S/c1-18(15-12-6-10-21-13(12)5-9-17-15)16(11-14(19)20)7-3-2-4-8-16/h5-6,9-10H,2-4,7-8,11H2,1H3,(H,19,20). The van der Waals surface area contributed by atoms with E-state index in [2.05, 4.69) is 21.3 Å². The van der Waals surface area contributed by atoms with Crippen molar-refractivity contribution >= 4 is 33.2 Å². The first kappa shape index (κ1) is 14.3. The van der Waals surface area contributed by atoms with Gasteiger partial charge in [0.05, 0.1) is 12.0 Å². The van der Waals surface area contributed by atoms with Crippen LogP contribution in [0.25, 0.3) is 10.1 Å². The van der Waals surface area contributed by atoms with Crippen LogP contribution in [0.1, 0.15) is 38.5 Å². The first-order valence-corrected chi connectivity index (χ1v) is 8.28. The highest BCUT2D eigenvalue weighted by atomic mass is 32.1. The van der Waals surface area contributed by atoms with Gasteiger partial charge in [0.15, 0.2) is 0 Å². The number of thiophene rings is 1. The number of pyridine rings is 1. The van der Waals surface area contributed by atoms with Gasteiger partial charge in [0.2, 0.25) is 0 Å². The summed E-state index contributed by atoms with van der Waals surface area (Å²) in [6.07, 6.45) is 7.25. The van der Waals surface area contributed by atoms with Crippen LogP contribution in [0.4, 0.5) is 5.82 Å². The topological polar surface area (TPSA) is 53.4 Å². The highest BCUT2D eigenvalue weighted by Gasteiger charge is 2.39. The van der Waals surface area contributed by atoms with Crippen molar-refractivity contribution in [3.8, 4) is 0 Å². The molecule has 0 saturated heterocycles. The molecule has 0 atom stereocenters. The van der Waals surface area contributed by atoms with Crippen LogP contribution in [-0.2, 0) is 4.79 Å². The fourth-order valence-electron chi connectivity index (χ4n) is 3.49. The lowest BCUT2D eigenvalue weighted by Crippen LogP contribution is -2.50. The minimum atomic E-state index is -0.721. The third-order valence-corrected chi connectivity index (χ3v) is 5.53. The largest absolute Gasteiger partial charge is 0.481 e. The van der Waals surface area contributed by atoms with Crippen LogP contribution in [-0.4, -0.2) is 28.6 Å². The Morgan fingerprint density at radius 3 is 2.86 bits per heavy atom. The lowest BCUT2D eigenvalue weighted by Gasteiger charge is -2.44. The van der Waals surface area contributed by atoms with Crippen molar-refractivity contribution < 1.29 is 9.90 Å². The maximum absolute atomic E-state index is 11.4. The molecule has 2 aromatic heterocycles. The molecule has 3 rings (SSSR count). The van der Waals surface area contributed by atoms with E-state index in [0.717, 1.165) is 36.9 Å². The van der Waals surface area contributed by atoms with Gasteiger partial charge in [-0.15, -0.1) is 11.3 Å². The fraction of sp³-hybridized carbons (Fsp3) is 0.500. The molecule has 2 heterocycles. The van der Waals surface area contributed by atoms with Crippen molar-refractivity contribution in [1.29, 1.82) is 0 Å². The number of carboxylic acid groups (broad SMARTS) is 1. The number of hydrogen-bond donors (Lipinski definition) is 1. The third kappa shape index (κ3) is 2.62. The van der Waals surface area contributed by atoms with E-state index in [-0.39, 0.29) is 12.0 Å². The van der Waals surface area contributed by atoms with E-state index in [1.54, 1.807) is 11.3 Å². The summed E-state index contributed by atoms with van der Waals surface area (Å²) in [5.74, 6) is 0.193. The summed E-state index contributed by atoms with van der Waals surface area (Å²) < 4.78 is 1.20. The second kappa shape index (κ2) is 5.64. The smallest absolute Gasteiger partial charge is 0.305 e. The Morgan fingerprint density at radius 1 is 1.38 bits per heavy atom. The molecule has 1 saturated carbocycles. The lowest BCUT2D eigenvalue weighted by molar-refractivity contribution is -0.138. The van der Waals surface area contributed by atoms with E-state index >= 15 is 0 Å². The molecule has 0 aliphatic heterocycles. The molecule has 1 aliphatic carbocycles. The molecule has 1 fully saturated rings. The van der Waals surface area contributed by atoms with Crippen molar-refractivity contribution in [1.82, 2.24) is 4.98 Å². The molecule has 21 heavy (non-hydrogen) atoms. The molecule has 5 heteroatoms. The Labute approximate surface area is 128 Å². The van der Waals surface area contributed by atoms with Gasteiger partial charge in [-0.25, -0.2) is 4.98 Å². The predicted octanol–water partition coefficient (Wildman–Crippen LogP) is 3.91. The van der Waals surface area contributed by atoms with E-state index in [1.807, 2.05) is 19.3 Å². The highest BCUT2D eigenvalue weighted by Crippen LogP contribution is 2.40. The number of aromatic nitrogens is 1. The Kier molecular flexibility index (Phi) is 3.85. The number of fused-ring (bicyclic) bond motifs is 1. The minimum Gasteiger partial charge on any atom is -0.481 e. The van der Waals surface area contributed by atoms with Crippen LogP contribution in [0.3, 0.4) is 0 Å². The summed E-state index contributed by atoms with van der Waals surface area (Å²) in [6.45, 7) is 0. The van der Waals surface area contributed by atoms with Gasteiger partial charge in [-0.3, -0.25) is 4.79 Å². The molecule has 1 N–H and O–H groups in total. The number of hydrogen-bond acceptors (Lipinski definition) is 4. The zero-order valence-electron chi connectivity index (χ0n) is 12.2. The monoisotopic (exact) mass is 304 g/mol. The molecule has 4 nitrogen and oxygen atoms in total. The molecule has 112 valence electrons. The highest BCUT2D eigenvalue weighted by molar-refractivity contribution is 7.17. The van der Waals surface area contributed by atoms with Crippen LogP contribution in [0, 0.1) is 0 Å². The van der Waals surface area contributed by atoms with Gasteiger partial charge in [0.25, 0.3) is 0 Å². The number of carbonyl (C=O) groups is 1. The number of anilines is 1. The van der Waals surface area contributed by atoms with Crippen molar-refractivity contribution in [3.05, 3.63) is 23.7 Å². The molecule has 0 aromatic carbocycles. The number of aliphatic carboxylic acids is 1. The fourth-order valence-corrected chi connectivity index (χ4v) is 4.27. The lowest BCUT2D eigenvalue weighted by atomic mass is 9.78. The Balaban J connectivity index is 2.02. The Morgan fingerprint density at radius 2 is 2.14 bits per heavy atom. The van der Waals surface area contributed by atoms with E-state index in [0.29, 0.717) is 0 Å². The number of nitrogens with zero attached hydrogens (tertiary/aromatic N) is 2. The Hall–Kier alpha value is -1.62. The first-order chi connectivity index (χ1) is 10.1. The van der Waals surface area contributed by atoms with Gasteiger partial charge < -0.3 is 10.0 Å². The van der Waals surface area contributed by atoms with Gasteiger partial charge in [-0.05, 0) is 30.4 Å². The normalized spacial score (nSPS) is 17.8. The Bertz CT molecular complexity index is 647. The molecular formula is C16H20N2O2S. The van der Waals surface area contributed by atoms with Gasteiger partial charge in [-0.2, -0.15) is 0 Å². The van der Waals surface area contributed by atoms with E-state index in [9.17, 15) is 9.90 Å². The third-order valence-electron chi connectivity index (χ3n) is 4.65. The van der Waals surface area contributed by atoms with Crippen LogP contribution in [0.15, 0.2) is 23.7 Å². The van der Waals surface area contributed by atoms with E-state index in [1.165, 1.54) is 11.1 Å². The summed E-state index contributed by atoms with van der Waals surface area (Å²) in [7, 11) is 2.01. The van der Waals surface area contributed by atoms with Crippen LogP contribution < -0.4 is 4.90 Å². The maximum Gasteiger partial charge on any atom is 0.305 e. The zero-order chi connectivity index (χ0) is 14.9. The van der Waals surface area contributed by atoms with Crippen molar-refractivity contribution in [2.24, 2.45) is 0 Å². The van der Waals surface area contributed by atoms with Gasteiger partial charge in [0.1, 0.15) is 5.82 Å². The van der Waals surface area contributed by atoms with Crippen LogP contribution >= 0.6 is 11.3 Å². The second-order valence-corrected chi connectivity index (χ2v) is 6.83. The average Bonchev–Trinajstić information content (AvgIpc) is 2.95. The number of carboxylic acids is 1. The zero-order valence-corrected chi connectivity index (χ0v) is 13.0. The van der Waals surface area contributed by atoms with Crippen molar-refractivity contribution in [2.75, 3.05) is 11.9 Å². The molecular weight excluding hydrogens is 284 g/mol. The molecule has 0 bridgehead atoms. The van der Waals surface area contributed by atoms with Crippen molar-refractivity contribution in [3.63, 3.8) is 0 Å². The van der Waals surface area contributed by atoms with Crippen LogP contribution in [0.5, 0.6) is 0 Å². The molecule has 1 aliphatic rings. The van der Waals surface area contributed by atoms with Crippen LogP contribution in [0.2, 0.25) is 0 Å². The summed E-state index contributed by atoms with van der Waals surface area (Å²) in [5.41, 5.74) is -0.298. The summed E-state index contributed by atoms with van der Waals surface area (Å²) in [6, 6.07) is 4.10.